The Labute approximate surface area is 497 Å². The van der Waals surface area contributed by atoms with Gasteiger partial charge in [0.15, 0.2) is 0 Å². The fourth-order valence-electron chi connectivity index (χ4n) is 8.26. The highest BCUT2D eigenvalue weighted by Crippen LogP contribution is 2.19. The molecule has 0 radical (unpaired) electrons. The summed E-state index contributed by atoms with van der Waals surface area (Å²) in [5.74, 6) is 1.85. The van der Waals surface area contributed by atoms with E-state index in [-0.39, 0.29) is 111 Å². The molecule has 6 N–H and O–H groups in total. The highest BCUT2D eigenvalue weighted by atomic mass is 35.5. The van der Waals surface area contributed by atoms with Gasteiger partial charge in [-0.25, -0.2) is 0 Å². The third-order valence-electron chi connectivity index (χ3n) is 12.3. The second-order valence-electron chi connectivity index (χ2n) is 17.4. The first kappa shape index (κ1) is 76.7. The number of hydrogen-bond donors (Lipinski definition) is 6. The van der Waals surface area contributed by atoms with Crippen LogP contribution in [-0.4, -0.2) is 189 Å². The maximum Gasteiger partial charge on any atom is 0.236 e. The molecule has 4 aromatic rings. The molecule has 0 spiro atoms. The van der Waals surface area contributed by atoms with Crippen LogP contribution in [0.25, 0.3) is 0 Å². The van der Waals surface area contributed by atoms with Crippen molar-refractivity contribution in [3.63, 3.8) is 0 Å². The lowest BCUT2D eigenvalue weighted by molar-refractivity contribution is -0.133. The number of benzene rings is 4. The lowest BCUT2D eigenvalue weighted by Crippen LogP contribution is -2.47. The van der Waals surface area contributed by atoms with Gasteiger partial charge in [0, 0.05) is 118 Å². The van der Waals surface area contributed by atoms with Crippen LogP contribution in [0.3, 0.4) is 0 Å². The van der Waals surface area contributed by atoms with E-state index in [1.54, 1.807) is 0 Å². The van der Waals surface area contributed by atoms with Crippen molar-refractivity contribution in [2.75, 3.05) is 157 Å². The predicted octanol–water partition coefficient (Wildman–Crippen LogP) is 5.72. The Morgan fingerprint density at radius 1 is 0.373 bits per heavy atom. The van der Waals surface area contributed by atoms with E-state index >= 15 is 0 Å². The highest BCUT2D eigenvalue weighted by Gasteiger charge is 2.20. The normalized spacial score (nSPS) is 14.8. The lowest BCUT2D eigenvalue weighted by Gasteiger charge is -2.28. The van der Waals surface area contributed by atoms with Crippen LogP contribution < -0.4 is 41.4 Å². The second-order valence-corrected chi connectivity index (χ2v) is 17.4. The van der Waals surface area contributed by atoms with Gasteiger partial charge in [-0.2, -0.15) is 0 Å². The summed E-state index contributed by atoms with van der Waals surface area (Å²) in [7, 11) is 0. The van der Waals surface area contributed by atoms with Gasteiger partial charge in [-0.3, -0.25) is 19.4 Å². The van der Waals surface area contributed by atoms with Crippen molar-refractivity contribution in [3.8, 4) is 11.5 Å². The van der Waals surface area contributed by atoms with Gasteiger partial charge >= 0.3 is 0 Å². The topological polar surface area (TPSA) is 138 Å². The fourth-order valence-corrected chi connectivity index (χ4v) is 8.26. The number of carbonyl (C=O) groups excluding carboxylic acids is 2. The van der Waals surface area contributed by atoms with Crippen LogP contribution in [-0.2, 0) is 28.9 Å². The maximum atomic E-state index is 13.8. The predicted molar refractivity (Wildman–Crippen MR) is 328 cm³/mol. The zero-order valence-corrected chi connectivity index (χ0v) is 49.7. The van der Waals surface area contributed by atoms with E-state index in [4.69, 9.17) is 9.47 Å². The molecule has 2 aliphatic rings. The van der Waals surface area contributed by atoms with E-state index in [9.17, 15) is 9.59 Å². The molecule has 2 aliphatic heterocycles. The number of carbonyl (C=O) groups is 2. The second kappa shape index (κ2) is 47.4. The van der Waals surface area contributed by atoms with Gasteiger partial charge in [0.25, 0.3) is 0 Å². The fraction of sp³-hybridized carbons (Fsp3) is 0.509. The minimum Gasteiger partial charge on any atom is -0.492 e. The van der Waals surface area contributed by atoms with Crippen molar-refractivity contribution in [2.24, 2.45) is 0 Å². The van der Waals surface area contributed by atoms with Crippen LogP contribution in [0.2, 0.25) is 0 Å². The van der Waals surface area contributed by atoms with Gasteiger partial charge in [0.1, 0.15) is 24.7 Å². The molecule has 0 aromatic heterocycles. The summed E-state index contributed by atoms with van der Waals surface area (Å²) in [4.78, 5) is 36.1. The summed E-state index contributed by atoms with van der Waals surface area (Å²) in [6, 6.07) is 37.3. The van der Waals surface area contributed by atoms with Crippen LogP contribution in [0, 0.1) is 0 Å². The van der Waals surface area contributed by atoms with Crippen LogP contribution in [0.4, 0.5) is 0 Å². The smallest absolute Gasteiger partial charge is 0.236 e. The monoisotopic (exact) mass is 1210 g/mol. The lowest BCUT2D eigenvalue weighted by atomic mass is 10.0. The quantitative estimate of drug-likeness (QED) is 0.0647. The van der Waals surface area contributed by atoms with Crippen molar-refractivity contribution < 1.29 is 19.1 Å². The van der Waals surface area contributed by atoms with Crippen molar-refractivity contribution in [3.05, 3.63) is 131 Å². The highest BCUT2D eigenvalue weighted by molar-refractivity contribution is 5.86. The van der Waals surface area contributed by atoms with Crippen LogP contribution >= 0.6 is 99.3 Å². The van der Waals surface area contributed by atoms with E-state index in [0.29, 0.717) is 52.5 Å². The van der Waals surface area contributed by atoms with Gasteiger partial charge in [-0.15, -0.1) is 99.3 Å². The number of nitrogens with one attached hydrogen (secondary N) is 6. The summed E-state index contributed by atoms with van der Waals surface area (Å²) in [5, 5.41) is 20.9. The van der Waals surface area contributed by atoms with E-state index < -0.39 is 0 Å². The molecule has 75 heavy (non-hydrogen) atoms. The van der Waals surface area contributed by atoms with E-state index in [1.807, 2.05) is 46.2 Å². The number of ether oxygens (including phenoxy) is 2. The van der Waals surface area contributed by atoms with Crippen molar-refractivity contribution in [2.45, 2.75) is 19.3 Å². The molecular weight excluding hydrogens is 1120 g/mol. The van der Waals surface area contributed by atoms with Crippen LogP contribution in [0.5, 0.6) is 11.5 Å². The van der Waals surface area contributed by atoms with Crippen molar-refractivity contribution in [1.82, 2.24) is 51.5 Å². The zero-order chi connectivity index (χ0) is 46.4. The molecule has 0 saturated carbocycles. The Kier molecular flexibility index (Phi) is 48.5. The third-order valence-corrected chi connectivity index (χ3v) is 12.3. The molecule has 0 atom stereocenters. The standard InChI is InChI=1S/C53H78N10O4.8ClH/c64-52(44-60-35-29-56-25-21-54-22-26-57-30-36-60)62(33-19-46-7-3-1-4-8-46)39-41-66-50-15-11-48(12-16-50)43-49-13-17-51(18-14-49)67-42-40-63(34-20-47-9-5-2-6-10-47)53(65)45-61-37-31-58-27-23-55-24-28-59-32-38-61;;;;;;;;/h1-18,54-59H,19-45H2;8*1H. The molecule has 0 aliphatic carbocycles. The largest absolute Gasteiger partial charge is 0.492 e. The summed E-state index contributed by atoms with van der Waals surface area (Å²) >= 11 is 0. The van der Waals surface area contributed by atoms with Gasteiger partial charge in [0.05, 0.1) is 26.2 Å². The maximum absolute atomic E-state index is 13.8. The number of amides is 2. The van der Waals surface area contributed by atoms with Crippen molar-refractivity contribution in [1.29, 1.82) is 0 Å². The Morgan fingerprint density at radius 2 is 0.667 bits per heavy atom. The van der Waals surface area contributed by atoms with E-state index in [1.165, 1.54) is 22.3 Å². The number of nitrogens with zero attached hydrogens (tertiary/aromatic N) is 4. The van der Waals surface area contributed by atoms with Gasteiger partial charge in [-0.1, -0.05) is 84.9 Å². The molecule has 428 valence electrons. The Morgan fingerprint density at radius 3 is 0.973 bits per heavy atom. The average molecular weight is 1210 g/mol. The molecule has 2 saturated heterocycles. The van der Waals surface area contributed by atoms with Crippen LogP contribution in [0.1, 0.15) is 22.3 Å². The Bertz CT molecular complexity index is 1800. The summed E-state index contributed by atoms with van der Waals surface area (Å²) in [6.07, 6.45) is 2.38. The molecule has 22 heteroatoms. The SMILES string of the molecule is Cl.Cl.Cl.Cl.Cl.Cl.Cl.Cl.O=C(CN1CCNCCNCCNCC1)N(CCOc1ccc(Cc2ccc(OCCN(CCc3ccccc3)C(=O)CN3CCNCCNCCNCC3)cc2)cc1)CCc1ccccc1. The molecule has 2 amide bonds. The minimum atomic E-state index is 0. The number of hydrogen-bond acceptors (Lipinski definition) is 12. The first-order valence-electron chi connectivity index (χ1n) is 24.8. The zero-order valence-electron chi connectivity index (χ0n) is 43.2. The Hall–Kier alpha value is -2.58. The first-order chi connectivity index (χ1) is 33.1. The molecule has 4 aromatic carbocycles. The van der Waals surface area contributed by atoms with E-state index in [2.05, 4.69) is 114 Å². The molecule has 14 nitrogen and oxygen atoms in total. The molecule has 2 heterocycles. The third kappa shape index (κ3) is 32.2. The number of rotatable bonds is 20. The van der Waals surface area contributed by atoms with Crippen molar-refractivity contribution >= 4 is 111 Å². The first-order valence-corrected chi connectivity index (χ1v) is 24.8. The minimum absolute atomic E-state index is 0. The van der Waals surface area contributed by atoms with Gasteiger partial charge in [-0.05, 0) is 65.8 Å². The number of halogens is 8. The van der Waals surface area contributed by atoms with Gasteiger partial charge < -0.3 is 51.2 Å². The Balaban J connectivity index is -0.00000648. The van der Waals surface area contributed by atoms with Crippen LogP contribution in [0.15, 0.2) is 109 Å². The van der Waals surface area contributed by atoms with Gasteiger partial charge in [0.2, 0.25) is 11.8 Å². The molecular formula is C53H86Cl8N10O4. The molecule has 2 fully saturated rings. The summed E-state index contributed by atoms with van der Waals surface area (Å²) < 4.78 is 12.5. The molecule has 6 rings (SSSR count). The average Bonchev–Trinajstić information content (AvgIpc) is 3.34. The van der Waals surface area contributed by atoms with E-state index in [0.717, 1.165) is 135 Å². The molecule has 0 bridgehead atoms. The molecule has 0 unspecified atom stereocenters. The summed E-state index contributed by atoms with van der Waals surface area (Å²) in [5.41, 5.74) is 4.80. The summed E-state index contributed by atoms with van der Waals surface area (Å²) in [6.45, 7) is 18.1.